The Balaban J connectivity index is 1.99. The van der Waals surface area contributed by atoms with Crippen LogP contribution >= 0.6 is 0 Å². The summed E-state index contributed by atoms with van der Waals surface area (Å²) in [5, 5.41) is 3.71. The first-order chi connectivity index (χ1) is 11.0. The third-order valence-electron chi connectivity index (χ3n) is 2.86. The van der Waals surface area contributed by atoms with E-state index >= 15 is 0 Å². The molecule has 0 heterocycles. The Kier molecular flexibility index (Phi) is 5.70. The number of ether oxygens (including phenoxy) is 1. The van der Waals surface area contributed by atoms with Crippen LogP contribution in [0.3, 0.4) is 0 Å². The quantitative estimate of drug-likeness (QED) is 0.624. The zero-order chi connectivity index (χ0) is 16.7. The molecule has 0 saturated heterocycles. The van der Waals surface area contributed by atoms with Gasteiger partial charge in [-0.15, -0.1) is 0 Å². The second-order valence-corrected chi connectivity index (χ2v) is 6.39. The maximum Gasteiger partial charge on any atom is 0.276 e. The van der Waals surface area contributed by atoms with Gasteiger partial charge in [-0.2, -0.15) is 13.5 Å². The van der Waals surface area contributed by atoms with Crippen LogP contribution in [-0.2, 0) is 10.0 Å². The fourth-order valence-corrected chi connectivity index (χ4v) is 2.50. The lowest BCUT2D eigenvalue weighted by molar-refractivity contribution is 0.317. The van der Waals surface area contributed by atoms with Crippen LogP contribution in [0.4, 0.5) is 4.39 Å². The standard InChI is InChI=1S/C16H17FN2O3S/c1-2-11-22-15-7-3-13(4-8-15)12-18-19-23(20,21)16-9-5-14(17)6-10-16/h3-10,12,19H,2,11H2,1H3/b18-12+. The Morgan fingerprint density at radius 3 is 2.39 bits per heavy atom. The third kappa shape index (κ3) is 5.07. The van der Waals surface area contributed by atoms with Crippen LogP contribution in [0.2, 0.25) is 0 Å². The lowest BCUT2D eigenvalue weighted by Crippen LogP contribution is -2.18. The first-order valence-corrected chi connectivity index (χ1v) is 8.53. The first kappa shape index (κ1) is 17.0. The number of hydrogen-bond donors (Lipinski definition) is 1. The van der Waals surface area contributed by atoms with Crippen molar-refractivity contribution >= 4 is 16.2 Å². The largest absolute Gasteiger partial charge is 0.494 e. The van der Waals surface area contributed by atoms with Crippen LogP contribution in [0.25, 0.3) is 0 Å². The molecular formula is C16H17FN2O3S. The van der Waals surface area contributed by atoms with Crippen LogP contribution < -0.4 is 9.57 Å². The number of nitrogens with one attached hydrogen (secondary N) is 1. The van der Waals surface area contributed by atoms with Gasteiger partial charge in [0.15, 0.2) is 0 Å². The van der Waals surface area contributed by atoms with Gasteiger partial charge in [0, 0.05) is 0 Å². The Bertz CT molecular complexity index is 757. The molecule has 23 heavy (non-hydrogen) atoms. The predicted molar refractivity (Wildman–Crippen MR) is 86.5 cm³/mol. The van der Waals surface area contributed by atoms with Gasteiger partial charge in [0.1, 0.15) is 11.6 Å². The van der Waals surface area contributed by atoms with Gasteiger partial charge in [-0.05, 0) is 60.5 Å². The minimum atomic E-state index is -3.81. The molecule has 2 aromatic rings. The molecule has 5 nitrogen and oxygen atoms in total. The van der Waals surface area contributed by atoms with Crippen LogP contribution in [0.15, 0.2) is 58.5 Å². The van der Waals surface area contributed by atoms with Gasteiger partial charge in [-0.25, -0.2) is 9.22 Å². The zero-order valence-electron chi connectivity index (χ0n) is 12.6. The van der Waals surface area contributed by atoms with E-state index in [9.17, 15) is 12.8 Å². The molecule has 2 aromatic carbocycles. The number of hydrogen-bond acceptors (Lipinski definition) is 4. The summed E-state index contributed by atoms with van der Waals surface area (Å²) < 4.78 is 42.1. The minimum absolute atomic E-state index is 0.0561. The highest BCUT2D eigenvalue weighted by molar-refractivity contribution is 7.89. The summed E-state index contributed by atoms with van der Waals surface area (Å²) in [5.74, 6) is 0.244. The molecule has 7 heteroatoms. The maximum atomic E-state index is 12.8. The van der Waals surface area contributed by atoms with Crippen molar-refractivity contribution in [3.8, 4) is 5.75 Å². The molecule has 0 bridgehead atoms. The second-order valence-electron chi connectivity index (χ2n) is 4.72. The van der Waals surface area contributed by atoms with E-state index in [1.165, 1.54) is 18.3 Å². The van der Waals surface area contributed by atoms with Gasteiger partial charge in [0.25, 0.3) is 10.0 Å². The van der Waals surface area contributed by atoms with Gasteiger partial charge < -0.3 is 4.74 Å². The molecule has 0 aliphatic rings. The Morgan fingerprint density at radius 1 is 1.13 bits per heavy atom. The average Bonchev–Trinajstić information content (AvgIpc) is 2.54. The van der Waals surface area contributed by atoms with E-state index < -0.39 is 15.8 Å². The van der Waals surface area contributed by atoms with Crippen LogP contribution in [0, 0.1) is 5.82 Å². The van der Waals surface area contributed by atoms with Gasteiger partial charge in [-0.3, -0.25) is 0 Å². The van der Waals surface area contributed by atoms with Gasteiger partial charge in [-0.1, -0.05) is 6.92 Å². The molecule has 0 atom stereocenters. The lowest BCUT2D eigenvalue weighted by atomic mass is 10.2. The summed E-state index contributed by atoms with van der Waals surface area (Å²) in [5.41, 5.74) is 0.718. The van der Waals surface area contributed by atoms with Crippen molar-refractivity contribution in [2.75, 3.05) is 6.61 Å². The summed E-state index contributed by atoms with van der Waals surface area (Å²) >= 11 is 0. The Hall–Kier alpha value is -2.41. The van der Waals surface area contributed by atoms with E-state index in [-0.39, 0.29) is 4.90 Å². The highest BCUT2D eigenvalue weighted by atomic mass is 32.2. The molecule has 0 aliphatic carbocycles. The summed E-state index contributed by atoms with van der Waals surface area (Å²) in [6.45, 7) is 2.67. The van der Waals surface area contributed by atoms with Crippen molar-refractivity contribution in [1.29, 1.82) is 0 Å². The van der Waals surface area contributed by atoms with Crippen molar-refractivity contribution in [3.63, 3.8) is 0 Å². The minimum Gasteiger partial charge on any atom is -0.494 e. The molecule has 1 N–H and O–H groups in total. The number of rotatable bonds is 7. The molecule has 0 saturated carbocycles. The van der Waals surface area contributed by atoms with Crippen molar-refractivity contribution in [2.24, 2.45) is 5.10 Å². The number of halogens is 1. The molecule has 0 spiro atoms. The van der Waals surface area contributed by atoms with Crippen LogP contribution in [-0.4, -0.2) is 21.2 Å². The van der Waals surface area contributed by atoms with E-state index in [1.807, 2.05) is 6.92 Å². The third-order valence-corrected chi connectivity index (χ3v) is 4.10. The normalized spacial score (nSPS) is 11.6. The summed E-state index contributed by atoms with van der Waals surface area (Å²) in [6.07, 6.45) is 2.30. The van der Waals surface area contributed by atoms with E-state index in [1.54, 1.807) is 24.3 Å². The van der Waals surface area contributed by atoms with Crippen molar-refractivity contribution in [3.05, 3.63) is 59.9 Å². The fraction of sp³-hybridized carbons (Fsp3) is 0.188. The number of nitrogens with zero attached hydrogens (tertiary/aromatic N) is 1. The van der Waals surface area contributed by atoms with Crippen LogP contribution in [0.5, 0.6) is 5.75 Å². The van der Waals surface area contributed by atoms with E-state index in [4.69, 9.17) is 4.74 Å². The van der Waals surface area contributed by atoms with Crippen molar-refractivity contribution in [2.45, 2.75) is 18.2 Å². The van der Waals surface area contributed by atoms with Crippen molar-refractivity contribution < 1.29 is 17.5 Å². The number of benzene rings is 2. The van der Waals surface area contributed by atoms with Gasteiger partial charge in [0.05, 0.1) is 17.7 Å². The Labute approximate surface area is 134 Å². The van der Waals surface area contributed by atoms with E-state index in [2.05, 4.69) is 9.93 Å². The van der Waals surface area contributed by atoms with E-state index in [0.29, 0.717) is 6.61 Å². The molecule has 122 valence electrons. The predicted octanol–water partition coefficient (Wildman–Crippen LogP) is 2.93. The molecule has 0 fully saturated rings. The highest BCUT2D eigenvalue weighted by Gasteiger charge is 2.12. The number of sulfonamides is 1. The smallest absolute Gasteiger partial charge is 0.276 e. The topological polar surface area (TPSA) is 67.8 Å². The highest BCUT2D eigenvalue weighted by Crippen LogP contribution is 2.12. The second kappa shape index (κ2) is 7.73. The fourth-order valence-electron chi connectivity index (χ4n) is 1.71. The van der Waals surface area contributed by atoms with E-state index in [0.717, 1.165) is 29.9 Å². The zero-order valence-corrected chi connectivity index (χ0v) is 13.4. The molecule has 0 amide bonds. The average molecular weight is 336 g/mol. The number of hydrazone groups is 1. The monoisotopic (exact) mass is 336 g/mol. The molecule has 0 unspecified atom stereocenters. The molecule has 2 rings (SSSR count). The lowest BCUT2D eigenvalue weighted by Gasteiger charge is -2.04. The first-order valence-electron chi connectivity index (χ1n) is 7.04. The SMILES string of the molecule is CCCOc1ccc(/C=N/NS(=O)(=O)c2ccc(F)cc2)cc1. The summed E-state index contributed by atoms with van der Waals surface area (Å²) in [7, 11) is -3.81. The Morgan fingerprint density at radius 2 is 1.78 bits per heavy atom. The van der Waals surface area contributed by atoms with Gasteiger partial charge in [0.2, 0.25) is 0 Å². The van der Waals surface area contributed by atoms with Gasteiger partial charge >= 0.3 is 0 Å². The van der Waals surface area contributed by atoms with Crippen LogP contribution in [0.1, 0.15) is 18.9 Å². The molecule has 0 aliphatic heterocycles. The molecular weight excluding hydrogens is 319 g/mol. The molecule has 0 radical (unpaired) electrons. The molecule has 0 aromatic heterocycles. The maximum absolute atomic E-state index is 12.8. The van der Waals surface area contributed by atoms with Crippen molar-refractivity contribution in [1.82, 2.24) is 4.83 Å². The summed E-state index contributed by atoms with van der Waals surface area (Å²) in [4.78, 5) is 2.02. The summed E-state index contributed by atoms with van der Waals surface area (Å²) in [6, 6.07) is 11.6.